The molecule has 2 N–H and O–H groups in total. The highest BCUT2D eigenvalue weighted by Gasteiger charge is 1.85. The van der Waals surface area contributed by atoms with Gasteiger partial charge in [-0.2, -0.15) is 0 Å². The summed E-state index contributed by atoms with van der Waals surface area (Å²) in [4.78, 5) is 4.07. The van der Waals surface area contributed by atoms with E-state index in [-0.39, 0.29) is 0 Å². The van der Waals surface area contributed by atoms with Gasteiger partial charge in [0.25, 0.3) is 0 Å². The molecule has 0 aromatic carbocycles. The Kier molecular flexibility index (Phi) is 2.70. The molecule has 10 heavy (non-hydrogen) atoms. The standard InChI is InChI=1S/C7H11N3/c1-8-6-10-7-4-2-3-5-9-7/h2-5,8H,6H2,1H3,(H,9,10). The average Bonchev–Trinajstić information content (AvgIpc) is 2.03. The number of nitrogens with one attached hydrogen (secondary N) is 2. The molecule has 0 saturated carbocycles. The van der Waals surface area contributed by atoms with Crippen LogP contribution in [0.25, 0.3) is 0 Å². The van der Waals surface area contributed by atoms with E-state index < -0.39 is 0 Å². The first kappa shape index (κ1) is 7.02. The summed E-state index contributed by atoms with van der Waals surface area (Å²) < 4.78 is 0. The molecule has 0 aliphatic rings. The molecule has 0 bridgehead atoms. The van der Waals surface area contributed by atoms with Crippen LogP contribution in [0.15, 0.2) is 24.4 Å². The fourth-order valence-electron chi connectivity index (χ4n) is 0.646. The second-order valence-corrected chi connectivity index (χ2v) is 1.92. The van der Waals surface area contributed by atoms with Crippen LogP contribution in [0, 0.1) is 0 Å². The van der Waals surface area contributed by atoms with E-state index in [0.717, 1.165) is 12.5 Å². The quantitative estimate of drug-likeness (QED) is 0.601. The van der Waals surface area contributed by atoms with Gasteiger partial charge in [0, 0.05) is 6.20 Å². The molecule has 0 unspecified atom stereocenters. The Hall–Kier alpha value is -1.09. The lowest BCUT2D eigenvalue weighted by atomic mass is 10.5. The molecular weight excluding hydrogens is 126 g/mol. The van der Waals surface area contributed by atoms with E-state index in [4.69, 9.17) is 0 Å². The zero-order chi connectivity index (χ0) is 7.23. The van der Waals surface area contributed by atoms with E-state index in [1.807, 2.05) is 25.2 Å². The molecule has 1 heterocycles. The second kappa shape index (κ2) is 3.85. The van der Waals surface area contributed by atoms with Crippen molar-refractivity contribution >= 4 is 5.82 Å². The van der Waals surface area contributed by atoms with Gasteiger partial charge >= 0.3 is 0 Å². The normalized spacial score (nSPS) is 9.30. The van der Waals surface area contributed by atoms with Crippen LogP contribution >= 0.6 is 0 Å². The highest BCUT2D eigenvalue weighted by Crippen LogP contribution is 1.96. The van der Waals surface area contributed by atoms with E-state index in [1.165, 1.54) is 0 Å². The zero-order valence-electron chi connectivity index (χ0n) is 5.96. The molecule has 0 fully saturated rings. The molecule has 3 heteroatoms. The predicted molar refractivity (Wildman–Crippen MR) is 41.8 cm³/mol. The lowest BCUT2D eigenvalue weighted by molar-refractivity contribution is 0.868. The summed E-state index contributed by atoms with van der Waals surface area (Å²) in [5.74, 6) is 0.900. The third kappa shape index (κ3) is 2.03. The lowest BCUT2D eigenvalue weighted by Crippen LogP contribution is -2.17. The summed E-state index contributed by atoms with van der Waals surface area (Å²) in [6.07, 6.45) is 1.76. The lowest BCUT2D eigenvalue weighted by Gasteiger charge is -2.01. The van der Waals surface area contributed by atoms with Crippen LogP contribution in [0.1, 0.15) is 0 Å². The first-order valence-electron chi connectivity index (χ1n) is 3.23. The highest BCUT2D eigenvalue weighted by atomic mass is 15.1. The Morgan fingerprint density at radius 3 is 3.00 bits per heavy atom. The topological polar surface area (TPSA) is 37.0 Å². The van der Waals surface area contributed by atoms with Gasteiger partial charge in [-0.1, -0.05) is 6.07 Å². The van der Waals surface area contributed by atoms with E-state index >= 15 is 0 Å². The fourth-order valence-corrected chi connectivity index (χ4v) is 0.646. The molecule has 54 valence electrons. The van der Waals surface area contributed by atoms with Gasteiger partial charge < -0.3 is 10.6 Å². The van der Waals surface area contributed by atoms with Gasteiger partial charge in [-0.15, -0.1) is 0 Å². The Morgan fingerprint density at radius 2 is 2.40 bits per heavy atom. The molecule has 1 aromatic heterocycles. The van der Waals surface area contributed by atoms with Crippen molar-refractivity contribution in [3.05, 3.63) is 24.4 Å². The van der Waals surface area contributed by atoms with Gasteiger partial charge in [0.1, 0.15) is 5.82 Å². The van der Waals surface area contributed by atoms with Gasteiger partial charge in [-0.3, -0.25) is 0 Å². The molecule has 0 aliphatic carbocycles. The SMILES string of the molecule is CNCNc1ccccn1. The van der Waals surface area contributed by atoms with Crippen LogP contribution in [-0.4, -0.2) is 18.7 Å². The number of hydrogen-bond donors (Lipinski definition) is 2. The number of anilines is 1. The summed E-state index contributed by atoms with van der Waals surface area (Å²) >= 11 is 0. The zero-order valence-corrected chi connectivity index (χ0v) is 5.96. The monoisotopic (exact) mass is 137 g/mol. The van der Waals surface area contributed by atoms with Crippen LogP contribution in [-0.2, 0) is 0 Å². The summed E-state index contributed by atoms with van der Waals surface area (Å²) in [7, 11) is 1.88. The number of pyridine rings is 1. The Morgan fingerprint density at radius 1 is 1.50 bits per heavy atom. The maximum atomic E-state index is 4.07. The Bertz CT molecular complexity index is 173. The van der Waals surface area contributed by atoms with Gasteiger partial charge in [-0.25, -0.2) is 4.98 Å². The maximum absolute atomic E-state index is 4.07. The van der Waals surface area contributed by atoms with Crippen molar-refractivity contribution in [2.24, 2.45) is 0 Å². The molecule has 0 amide bonds. The first-order valence-corrected chi connectivity index (χ1v) is 3.23. The van der Waals surface area contributed by atoms with Crippen LogP contribution in [0.5, 0.6) is 0 Å². The minimum absolute atomic E-state index is 0.747. The van der Waals surface area contributed by atoms with Crippen molar-refractivity contribution < 1.29 is 0 Å². The Balaban J connectivity index is 2.43. The van der Waals surface area contributed by atoms with Gasteiger partial charge in [0.15, 0.2) is 0 Å². The van der Waals surface area contributed by atoms with E-state index in [9.17, 15) is 0 Å². The first-order chi connectivity index (χ1) is 4.93. The van der Waals surface area contributed by atoms with Crippen LogP contribution < -0.4 is 10.6 Å². The van der Waals surface area contributed by atoms with Crippen LogP contribution in [0.4, 0.5) is 5.82 Å². The number of aromatic nitrogens is 1. The second-order valence-electron chi connectivity index (χ2n) is 1.92. The minimum Gasteiger partial charge on any atom is -0.358 e. The summed E-state index contributed by atoms with van der Waals surface area (Å²) in [6.45, 7) is 0.747. The van der Waals surface area contributed by atoms with Gasteiger partial charge in [-0.05, 0) is 19.2 Å². The van der Waals surface area contributed by atoms with Gasteiger partial charge in [0.05, 0.1) is 6.67 Å². The molecule has 1 aromatic rings. The number of hydrogen-bond acceptors (Lipinski definition) is 3. The fraction of sp³-hybridized carbons (Fsp3) is 0.286. The third-order valence-corrected chi connectivity index (χ3v) is 1.11. The largest absolute Gasteiger partial charge is 0.358 e. The van der Waals surface area contributed by atoms with Crippen molar-refractivity contribution in [2.45, 2.75) is 0 Å². The van der Waals surface area contributed by atoms with E-state index in [2.05, 4.69) is 15.6 Å². The van der Waals surface area contributed by atoms with Crippen molar-refractivity contribution in [3.8, 4) is 0 Å². The highest BCUT2D eigenvalue weighted by molar-refractivity contribution is 5.32. The maximum Gasteiger partial charge on any atom is 0.126 e. The third-order valence-electron chi connectivity index (χ3n) is 1.11. The van der Waals surface area contributed by atoms with Crippen molar-refractivity contribution in [1.82, 2.24) is 10.3 Å². The molecule has 0 saturated heterocycles. The van der Waals surface area contributed by atoms with Crippen LogP contribution in [0.3, 0.4) is 0 Å². The Labute approximate surface area is 60.5 Å². The molecule has 0 spiro atoms. The van der Waals surface area contributed by atoms with Crippen LogP contribution in [0.2, 0.25) is 0 Å². The van der Waals surface area contributed by atoms with Crippen molar-refractivity contribution in [1.29, 1.82) is 0 Å². The van der Waals surface area contributed by atoms with E-state index in [0.29, 0.717) is 0 Å². The smallest absolute Gasteiger partial charge is 0.126 e. The predicted octanol–water partition coefficient (Wildman–Crippen LogP) is 0.670. The molecule has 3 nitrogen and oxygen atoms in total. The molecule has 0 atom stereocenters. The van der Waals surface area contributed by atoms with Crippen molar-refractivity contribution in [2.75, 3.05) is 19.0 Å². The van der Waals surface area contributed by atoms with Gasteiger partial charge in [0.2, 0.25) is 0 Å². The summed E-state index contributed by atoms with van der Waals surface area (Å²) in [6, 6.07) is 5.77. The summed E-state index contributed by atoms with van der Waals surface area (Å²) in [5.41, 5.74) is 0. The molecule has 0 radical (unpaired) electrons. The minimum atomic E-state index is 0.747. The number of rotatable bonds is 3. The van der Waals surface area contributed by atoms with E-state index in [1.54, 1.807) is 6.20 Å². The number of nitrogens with zero attached hydrogens (tertiary/aromatic N) is 1. The molecule has 1 rings (SSSR count). The average molecular weight is 137 g/mol. The molecule has 0 aliphatic heterocycles. The van der Waals surface area contributed by atoms with Crippen molar-refractivity contribution in [3.63, 3.8) is 0 Å². The summed E-state index contributed by atoms with van der Waals surface area (Å²) in [5, 5.41) is 6.04. The molecular formula is C7H11N3.